The Balaban J connectivity index is 3.60. The fraction of sp³-hybridized carbons (Fsp3) is 1.00. The average molecular weight is 139 g/mol. The lowest BCUT2D eigenvalue weighted by atomic mass is 10.6. The topological polar surface area (TPSA) is 40.1 Å². The minimum atomic E-state index is -3.09. The van der Waals surface area contributed by atoms with Crippen LogP contribution in [-0.4, -0.2) is 14.5 Å². The summed E-state index contributed by atoms with van der Waals surface area (Å²) in [4.78, 5) is 0. The Kier molecular flexibility index (Phi) is 2.71. The van der Waals surface area contributed by atoms with Gasteiger partial charge in [-0.05, 0) is 26.4 Å². The molecule has 0 radical (unpaired) electrons. The average Bonchev–Trinajstić information content (AvgIpc) is 1.30. The van der Waals surface area contributed by atoms with Gasteiger partial charge in [0.25, 0.3) is 0 Å². The van der Waals surface area contributed by atoms with Gasteiger partial charge in [0.05, 0.1) is 0 Å². The molecule has 0 heterocycles. The van der Waals surface area contributed by atoms with Crippen molar-refractivity contribution in [2.75, 3.05) is 5.75 Å². The van der Waals surface area contributed by atoms with Crippen LogP contribution in [0.2, 0.25) is 0 Å². The monoisotopic (exact) mass is 139 g/mol. The molecule has 0 aliphatic heterocycles. The minimum Gasteiger partial charge on any atom is -0.769 e. The molecule has 0 rings (SSSR count). The Morgan fingerprint density at radius 2 is 2.29 bits per heavy atom. The molecule has 0 bridgehead atoms. The summed E-state index contributed by atoms with van der Waals surface area (Å²) in [6.07, 6.45) is 0.617. The van der Waals surface area contributed by atoms with Gasteiger partial charge in [0, 0.05) is 5.75 Å². The molecule has 1 unspecified atom stereocenters. The first-order chi connectivity index (χ1) is 3.06. The van der Waals surface area contributed by atoms with Gasteiger partial charge in [-0.1, -0.05) is 6.92 Å². The van der Waals surface area contributed by atoms with Gasteiger partial charge in [-0.3, -0.25) is 4.21 Å². The van der Waals surface area contributed by atoms with Crippen molar-refractivity contribution in [3.05, 3.63) is 0 Å². The van der Waals surface area contributed by atoms with Crippen molar-refractivity contribution in [1.82, 2.24) is 0 Å². The third-order valence-electron chi connectivity index (χ3n) is 0.454. The maximum Gasteiger partial charge on any atom is 0.0133 e. The predicted molar refractivity (Wildman–Crippen MR) is 31.4 cm³/mol. The normalized spacial score (nSPS) is 18.6. The Hall–Kier alpha value is 0.330. The van der Waals surface area contributed by atoms with E-state index in [0.29, 0.717) is 6.42 Å². The maximum absolute atomic E-state index is 10.0. The van der Waals surface area contributed by atoms with Crippen LogP contribution in [0, 0.1) is 0 Å². The highest BCUT2D eigenvalue weighted by Gasteiger charge is 1.82. The van der Waals surface area contributed by atoms with Crippen LogP contribution in [0.15, 0.2) is 0 Å². The van der Waals surface area contributed by atoms with Gasteiger partial charge < -0.3 is 4.55 Å². The fourth-order valence-electron chi connectivity index (χ4n) is 0.250. The van der Waals surface area contributed by atoms with Crippen molar-refractivity contribution < 1.29 is 8.76 Å². The molecule has 7 heavy (non-hydrogen) atoms. The van der Waals surface area contributed by atoms with Crippen molar-refractivity contribution in [2.45, 2.75) is 13.3 Å². The SMILES string of the molecule is CCCS(=O)([O-])=S. The molecule has 1 atom stereocenters. The number of rotatable bonds is 2. The highest BCUT2D eigenvalue weighted by atomic mass is 32.8. The summed E-state index contributed by atoms with van der Waals surface area (Å²) in [5.41, 5.74) is 0. The van der Waals surface area contributed by atoms with Crippen molar-refractivity contribution in [3.63, 3.8) is 0 Å². The van der Waals surface area contributed by atoms with Crippen LogP contribution in [0.5, 0.6) is 0 Å². The first kappa shape index (κ1) is 7.33. The summed E-state index contributed by atoms with van der Waals surface area (Å²) in [5, 5.41) is 0. The Morgan fingerprint density at radius 3 is 2.29 bits per heavy atom. The smallest absolute Gasteiger partial charge is 0.0133 e. The number of hydrogen-bond acceptors (Lipinski definition) is 3. The second-order valence-corrected chi connectivity index (χ2v) is 4.31. The summed E-state index contributed by atoms with van der Waals surface area (Å²) < 4.78 is 20.1. The van der Waals surface area contributed by atoms with Crippen LogP contribution in [0.4, 0.5) is 0 Å². The Labute approximate surface area is 48.4 Å². The van der Waals surface area contributed by atoms with E-state index >= 15 is 0 Å². The molecule has 0 saturated heterocycles. The van der Waals surface area contributed by atoms with E-state index in [1.807, 2.05) is 0 Å². The lowest BCUT2D eigenvalue weighted by Crippen LogP contribution is -1.99. The van der Waals surface area contributed by atoms with Crippen LogP contribution in [0.25, 0.3) is 0 Å². The van der Waals surface area contributed by atoms with Gasteiger partial charge in [-0.2, -0.15) is 0 Å². The van der Waals surface area contributed by atoms with E-state index in [-0.39, 0.29) is 5.75 Å². The van der Waals surface area contributed by atoms with E-state index in [4.69, 9.17) is 0 Å². The molecule has 44 valence electrons. The van der Waals surface area contributed by atoms with Crippen molar-refractivity contribution in [1.29, 1.82) is 0 Å². The first-order valence-corrected chi connectivity index (χ1v) is 4.57. The molecule has 0 fully saturated rings. The van der Waals surface area contributed by atoms with Crippen molar-refractivity contribution in [3.8, 4) is 0 Å². The van der Waals surface area contributed by atoms with E-state index < -0.39 is 8.77 Å². The Morgan fingerprint density at radius 1 is 1.86 bits per heavy atom. The molecule has 0 spiro atoms. The quantitative estimate of drug-likeness (QED) is 0.551. The molecular weight excluding hydrogens is 132 g/mol. The van der Waals surface area contributed by atoms with Gasteiger partial charge in [0.15, 0.2) is 0 Å². The molecule has 0 N–H and O–H groups in total. The molecule has 2 nitrogen and oxygen atoms in total. The van der Waals surface area contributed by atoms with Gasteiger partial charge in [0.2, 0.25) is 0 Å². The van der Waals surface area contributed by atoms with Crippen LogP contribution >= 0.6 is 0 Å². The van der Waals surface area contributed by atoms with Crippen LogP contribution < -0.4 is 0 Å². The van der Waals surface area contributed by atoms with Crippen molar-refractivity contribution >= 4 is 20.0 Å². The molecule has 0 aromatic rings. The van der Waals surface area contributed by atoms with Gasteiger partial charge >= 0.3 is 0 Å². The van der Waals surface area contributed by atoms with E-state index in [1.165, 1.54) is 0 Å². The molecule has 0 amide bonds. The van der Waals surface area contributed by atoms with Crippen LogP contribution in [0.3, 0.4) is 0 Å². The molecule has 4 heteroatoms. The lowest BCUT2D eigenvalue weighted by molar-refractivity contribution is 0.533. The second-order valence-electron chi connectivity index (χ2n) is 1.26. The van der Waals surface area contributed by atoms with Crippen LogP contribution in [0.1, 0.15) is 13.3 Å². The molecule has 0 aromatic heterocycles. The summed E-state index contributed by atoms with van der Waals surface area (Å²) >= 11 is 4.06. The van der Waals surface area contributed by atoms with E-state index in [1.54, 1.807) is 6.92 Å². The Bertz CT molecular complexity index is 124. The summed E-state index contributed by atoms with van der Waals surface area (Å²) in [6, 6.07) is 0. The molecule has 0 saturated carbocycles. The van der Waals surface area contributed by atoms with Crippen molar-refractivity contribution in [2.24, 2.45) is 0 Å². The zero-order chi connectivity index (χ0) is 5.91. The summed E-state index contributed by atoms with van der Waals surface area (Å²) in [6.45, 7) is 1.78. The van der Waals surface area contributed by atoms with E-state index in [0.717, 1.165) is 0 Å². The minimum absolute atomic E-state index is 0.127. The third kappa shape index (κ3) is 6.33. The van der Waals surface area contributed by atoms with Gasteiger partial charge in [-0.25, -0.2) is 0 Å². The molecule has 0 aliphatic rings. The van der Waals surface area contributed by atoms with E-state index in [9.17, 15) is 8.76 Å². The third-order valence-corrected chi connectivity index (χ3v) is 1.86. The molecular formula is C3H7O2S2-. The maximum atomic E-state index is 10.0. The highest BCUT2D eigenvalue weighted by Crippen LogP contribution is 1.84. The molecule has 0 aromatic carbocycles. The van der Waals surface area contributed by atoms with Gasteiger partial charge in [0.1, 0.15) is 0 Å². The predicted octanol–water partition coefficient (Wildman–Crippen LogP) is 0.273. The van der Waals surface area contributed by atoms with Gasteiger partial charge in [-0.15, -0.1) is 0 Å². The standard InChI is InChI=1S/C3H8O2S2/c1-2-3-7(4,5)6/h2-3H2,1H3,(H,4,5,6)/p-1. The fourth-order valence-corrected chi connectivity index (χ4v) is 1.25. The lowest BCUT2D eigenvalue weighted by Gasteiger charge is -2.05. The zero-order valence-corrected chi connectivity index (χ0v) is 5.68. The number of hydrogen-bond donors (Lipinski definition) is 0. The highest BCUT2D eigenvalue weighted by molar-refractivity contribution is 8.29. The summed E-state index contributed by atoms with van der Waals surface area (Å²) in [7, 11) is -3.09. The summed E-state index contributed by atoms with van der Waals surface area (Å²) in [5.74, 6) is 0.127. The first-order valence-electron chi connectivity index (χ1n) is 2.00. The van der Waals surface area contributed by atoms with Crippen LogP contribution in [-0.2, 0) is 20.0 Å². The largest absolute Gasteiger partial charge is 0.769 e. The second kappa shape index (κ2) is 2.59. The van der Waals surface area contributed by atoms with E-state index in [2.05, 4.69) is 11.2 Å². The zero-order valence-electron chi connectivity index (χ0n) is 4.05. The molecule has 0 aliphatic carbocycles.